The molecule has 1 aromatic carbocycles. The number of carbonyl (C=O) groups excluding carboxylic acids is 2. The van der Waals surface area contributed by atoms with E-state index in [1.54, 1.807) is 4.90 Å². The van der Waals surface area contributed by atoms with E-state index in [1.165, 1.54) is 0 Å². The molecule has 0 bridgehead atoms. The Morgan fingerprint density at radius 1 is 1.19 bits per heavy atom. The Morgan fingerprint density at radius 3 is 2.62 bits per heavy atom. The Labute approximate surface area is 152 Å². The molecule has 0 saturated carbocycles. The van der Waals surface area contributed by atoms with E-state index in [0.717, 1.165) is 11.3 Å². The van der Waals surface area contributed by atoms with Crippen molar-refractivity contribution in [2.24, 2.45) is 0 Å². The number of piperidine rings is 1. The highest BCUT2D eigenvalue weighted by Crippen LogP contribution is 2.39. The largest absolute Gasteiger partial charge is 0.509 e. The highest BCUT2D eigenvalue weighted by molar-refractivity contribution is 5.75. The van der Waals surface area contributed by atoms with Gasteiger partial charge in [-0.05, 0) is 19.9 Å². The highest BCUT2D eigenvalue weighted by Gasteiger charge is 2.45. The van der Waals surface area contributed by atoms with Crippen molar-refractivity contribution < 1.29 is 23.8 Å². The number of nitrogens with zero attached hydrogens (tertiary/aromatic N) is 1. The van der Waals surface area contributed by atoms with Crippen LogP contribution >= 0.6 is 0 Å². The third-order valence-electron chi connectivity index (χ3n) is 5.39. The molecule has 2 fully saturated rings. The molecule has 3 heterocycles. The number of hydrogen-bond donors (Lipinski definition) is 1. The maximum atomic E-state index is 12.8. The van der Waals surface area contributed by atoms with E-state index in [2.05, 4.69) is 5.32 Å². The highest BCUT2D eigenvalue weighted by atomic mass is 16.8. The molecule has 2 amide bonds. The quantitative estimate of drug-likeness (QED) is 0.779. The van der Waals surface area contributed by atoms with E-state index >= 15 is 0 Å². The lowest BCUT2D eigenvalue weighted by atomic mass is 9.89. The second-order valence-corrected chi connectivity index (χ2v) is 7.92. The number of ether oxygens (including phenoxy) is 3. The first-order valence-corrected chi connectivity index (χ1v) is 9.05. The van der Waals surface area contributed by atoms with Crippen molar-refractivity contribution in [1.29, 1.82) is 0 Å². The van der Waals surface area contributed by atoms with Crippen molar-refractivity contribution in [3.05, 3.63) is 29.8 Å². The van der Waals surface area contributed by atoms with E-state index in [1.807, 2.05) is 38.1 Å². The summed E-state index contributed by atoms with van der Waals surface area (Å²) in [6.07, 6.45) is 1.30. The molecule has 7 heteroatoms. The lowest BCUT2D eigenvalue weighted by molar-refractivity contribution is 0.00849. The number of cyclic esters (lactones) is 1. The summed E-state index contributed by atoms with van der Waals surface area (Å²) in [5, 5.41) is 3.16. The normalized spacial score (nSPS) is 25.7. The second-order valence-electron chi connectivity index (χ2n) is 7.92. The van der Waals surface area contributed by atoms with Gasteiger partial charge in [-0.3, -0.25) is 0 Å². The van der Waals surface area contributed by atoms with Gasteiger partial charge in [-0.25, -0.2) is 9.59 Å². The minimum Gasteiger partial charge on any atom is -0.487 e. The van der Waals surface area contributed by atoms with Crippen LogP contribution in [0.15, 0.2) is 24.3 Å². The van der Waals surface area contributed by atoms with Gasteiger partial charge in [-0.15, -0.1) is 0 Å². The first-order valence-electron chi connectivity index (χ1n) is 9.05. The summed E-state index contributed by atoms with van der Waals surface area (Å²) < 4.78 is 16.3. The summed E-state index contributed by atoms with van der Waals surface area (Å²) in [7, 11) is 0. The Kier molecular flexibility index (Phi) is 3.97. The number of nitrogens with one attached hydrogen (secondary N) is 1. The van der Waals surface area contributed by atoms with Gasteiger partial charge < -0.3 is 24.4 Å². The van der Waals surface area contributed by atoms with Crippen LogP contribution in [0.25, 0.3) is 0 Å². The predicted molar refractivity (Wildman–Crippen MR) is 93.0 cm³/mol. The molecule has 1 spiro atoms. The second kappa shape index (κ2) is 6.07. The standard InChI is InChI=1S/C19H24N2O5/c1-18(2)11-14(13-5-3-4-6-15(13)25-18)20-16(22)21-9-7-19(8-10-21)12-24-17(23)26-19/h3-6,14H,7-12H2,1-2H3,(H,20,22)/t14-/m0/s1. The summed E-state index contributed by atoms with van der Waals surface area (Å²) >= 11 is 0. The topological polar surface area (TPSA) is 77.1 Å². The fourth-order valence-corrected chi connectivity index (χ4v) is 3.96. The maximum Gasteiger partial charge on any atom is 0.509 e. The van der Waals surface area contributed by atoms with Crippen LogP contribution in [0.4, 0.5) is 9.59 Å². The zero-order valence-corrected chi connectivity index (χ0v) is 15.1. The van der Waals surface area contributed by atoms with Crippen LogP contribution in [0.3, 0.4) is 0 Å². The first-order chi connectivity index (χ1) is 12.4. The smallest absolute Gasteiger partial charge is 0.487 e. The summed E-state index contributed by atoms with van der Waals surface area (Å²) in [6, 6.07) is 7.64. The number of carbonyl (C=O) groups is 2. The molecule has 0 aromatic heterocycles. The molecule has 0 unspecified atom stereocenters. The molecule has 1 N–H and O–H groups in total. The molecule has 1 aromatic rings. The summed E-state index contributed by atoms with van der Waals surface area (Å²) in [5.74, 6) is 0.821. The van der Waals surface area contributed by atoms with Crippen molar-refractivity contribution in [3.8, 4) is 5.75 Å². The lowest BCUT2D eigenvalue weighted by Crippen LogP contribution is -2.52. The van der Waals surface area contributed by atoms with Crippen molar-refractivity contribution in [1.82, 2.24) is 10.2 Å². The number of rotatable bonds is 1. The van der Waals surface area contributed by atoms with Gasteiger partial charge in [-0.1, -0.05) is 18.2 Å². The van der Waals surface area contributed by atoms with Gasteiger partial charge in [0, 0.05) is 37.9 Å². The molecule has 1 atom stereocenters. The van der Waals surface area contributed by atoms with Crippen LogP contribution in [-0.4, -0.2) is 48.0 Å². The van der Waals surface area contributed by atoms with E-state index < -0.39 is 11.8 Å². The van der Waals surface area contributed by atoms with Gasteiger partial charge in [-0.2, -0.15) is 0 Å². The van der Waals surface area contributed by atoms with Crippen LogP contribution in [0.2, 0.25) is 0 Å². The zero-order valence-electron chi connectivity index (χ0n) is 15.1. The molecule has 7 nitrogen and oxygen atoms in total. The van der Waals surface area contributed by atoms with Gasteiger partial charge in [0.1, 0.15) is 18.0 Å². The molecule has 3 aliphatic rings. The Bertz CT molecular complexity index is 724. The number of amides is 2. The number of fused-ring (bicyclic) bond motifs is 1. The number of benzene rings is 1. The lowest BCUT2D eigenvalue weighted by Gasteiger charge is -2.40. The van der Waals surface area contributed by atoms with Gasteiger partial charge in [0.15, 0.2) is 5.60 Å². The monoisotopic (exact) mass is 360 g/mol. The Morgan fingerprint density at radius 2 is 1.92 bits per heavy atom. The summed E-state index contributed by atoms with van der Waals surface area (Å²) in [4.78, 5) is 25.8. The summed E-state index contributed by atoms with van der Waals surface area (Å²) in [6.45, 7) is 5.42. The third kappa shape index (κ3) is 3.18. The molecule has 0 aliphatic carbocycles. The predicted octanol–water partition coefficient (Wildman–Crippen LogP) is 3.00. The SMILES string of the molecule is CC1(C)C[C@H](NC(=O)N2CCC3(CC2)COC(=O)O3)c2ccccc2O1. The number of urea groups is 1. The van der Waals surface area contributed by atoms with E-state index in [0.29, 0.717) is 32.4 Å². The number of para-hydroxylation sites is 1. The van der Waals surface area contributed by atoms with Crippen LogP contribution < -0.4 is 10.1 Å². The van der Waals surface area contributed by atoms with E-state index in [4.69, 9.17) is 14.2 Å². The molecule has 26 heavy (non-hydrogen) atoms. The zero-order chi connectivity index (χ0) is 18.4. The van der Waals surface area contributed by atoms with Crippen molar-refractivity contribution in [2.75, 3.05) is 19.7 Å². The van der Waals surface area contributed by atoms with Gasteiger partial charge >= 0.3 is 12.2 Å². The molecule has 2 saturated heterocycles. The maximum absolute atomic E-state index is 12.8. The fourth-order valence-electron chi connectivity index (χ4n) is 3.96. The minimum absolute atomic E-state index is 0.0917. The molecule has 0 radical (unpaired) electrons. The molecular weight excluding hydrogens is 336 g/mol. The van der Waals surface area contributed by atoms with E-state index in [9.17, 15) is 9.59 Å². The fraction of sp³-hybridized carbons (Fsp3) is 0.579. The Hall–Kier alpha value is -2.44. The average Bonchev–Trinajstić information content (AvgIpc) is 2.95. The van der Waals surface area contributed by atoms with Crippen molar-refractivity contribution in [2.45, 2.75) is 50.4 Å². The van der Waals surface area contributed by atoms with Crippen LogP contribution in [0.1, 0.15) is 44.7 Å². The molecular formula is C19H24N2O5. The summed E-state index contributed by atoms with van der Waals surface area (Å²) in [5.41, 5.74) is 0.112. The average molecular weight is 360 g/mol. The molecule has 4 rings (SSSR count). The number of hydrogen-bond acceptors (Lipinski definition) is 5. The third-order valence-corrected chi connectivity index (χ3v) is 5.39. The van der Waals surface area contributed by atoms with Gasteiger partial charge in [0.2, 0.25) is 0 Å². The van der Waals surface area contributed by atoms with Crippen LogP contribution in [0, 0.1) is 0 Å². The van der Waals surface area contributed by atoms with Gasteiger partial charge in [0.25, 0.3) is 0 Å². The van der Waals surface area contributed by atoms with Crippen molar-refractivity contribution >= 4 is 12.2 Å². The van der Waals surface area contributed by atoms with Crippen LogP contribution in [0.5, 0.6) is 5.75 Å². The van der Waals surface area contributed by atoms with Crippen LogP contribution in [-0.2, 0) is 9.47 Å². The minimum atomic E-state index is -0.607. The Balaban J connectivity index is 1.42. The molecule has 140 valence electrons. The number of likely N-dealkylation sites (tertiary alicyclic amines) is 1. The first kappa shape index (κ1) is 17.0. The van der Waals surface area contributed by atoms with Gasteiger partial charge in [0.05, 0.1) is 6.04 Å². The molecule has 3 aliphatic heterocycles. The van der Waals surface area contributed by atoms with E-state index in [-0.39, 0.29) is 24.3 Å². The van der Waals surface area contributed by atoms with Crippen molar-refractivity contribution in [3.63, 3.8) is 0 Å².